The Balaban J connectivity index is 1.67. The fourth-order valence-electron chi connectivity index (χ4n) is 2.65. The van der Waals surface area contributed by atoms with Gasteiger partial charge in [-0.05, 0) is 48.9 Å². The zero-order valence-electron chi connectivity index (χ0n) is 11.8. The molecule has 1 heterocycles. The van der Waals surface area contributed by atoms with Crippen molar-refractivity contribution in [1.29, 1.82) is 0 Å². The van der Waals surface area contributed by atoms with Crippen LogP contribution in [0.2, 0.25) is 0 Å². The molecule has 1 aliphatic rings. The van der Waals surface area contributed by atoms with Crippen LogP contribution in [0.4, 0.5) is 10.8 Å². The van der Waals surface area contributed by atoms with E-state index in [2.05, 4.69) is 28.5 Å². The highest BCUT2D eigenvalue weighted by molar-refractivity contribution is 7.13. The predicted molar refractivity (Wildman–Crippen MR) is 84.4 cm³/mol. The molecule has 0 spiro atoms. The van der Waals surface area contributed by atoms with Crippen LogP contribution in [0.5, 0.6) is 0 Å². The van der Waals surface area contributed by atoms with Crippen LogP contribution >= 0.6 is 11.3 Å². The summed E-state index contributed by atoms with van der Waals surface area (Å²) in [5.41, 5.74) is 4.81. The number of hydrogen-bond acceptors (Lipinski definition) is 4. The summed E-state index contributed by atoms with van der Waals surface area (Å²) in [5, 5.41) is 14.8. The van der Waals surface area contributed by atoms with E-state index in [9.17, 15) is 4.79 Å². The highest BCUT2D eigenvalue weighted by atomic mass is 32.1. The van der Waals surface area contributed by atoms with E-state index in [1.165, 1.54) is 41.7 Å². The summed E-state index contributed by atoms with van der Waals surface area (Å²) >= 11 is 1.52. The number of anilines is 2. The van der Waals surface area contributed by atoms with Crippen LogP contribution in [0.3, 0.4) is 0 Å². The maximum atomic E-state index is 10.6. The van der Waals surface area contributed by atoms with E-state index in [-0.39, 0.29) is 6.42 Å². The molecule has 0 saturated carbocycles. The van der Waals surface area contributed by atoms with Crippen molar-refractivity contribution < 1.29 is 9.90 Å². The van der Waals surface area contributed by atoms with E-state index in [1.807, 2.05) is 5.38 Å². The van der Waals surface area contributed by atoms with Gasteiger partial charge in [-0.15, -0.1) is 11.3 Å². The molecule has 1 aromatic heterocycles. The molecular formula is C16H18N2O2S. The molecule has 5 heteroatoms. The van der Waals surface area contributed by atoms with Gasteiger partial charge in [0.05, 0.1) is 12.1 Å². The monoisotopic (exact) mass is 302 g/mol. The minimum absolute atomic E-state index is 0.127. The van der Waals surface area contributed by atoms with Gasteiger partial charge in [-0.25, -0.2) is 4.98 Å². The quantitative estimate of drug-likeness (QED) is 0.882. The molecule has 4 nitrogen and oxygen atoms in total. The van der Waals surface area contributed by atoms with Crippen LogP contribution in [0.15, 0.2) is 23.6 Å². The van der Waals surface area contributed by atoms with Crippen LogP contribution in [0, 0.1) is 0 Å². The number of rotatable bonds is 5. The first-order valence-electron chi connectivity index (χ1n) is 7.26. The number of aryl methyl sites for hydroxylation is 3. The predicted octanol–water partition coefficient (Wildman–Crippen LogP) is 3.78. The molecule has 2 aromatic rings. The van der Waals surface area contributed by atoms with Gasteiger partial charge in [0.25, 0.3) is 0 Å². The standard InChI is InChI=1S/C16H18N2O2S/c19-15(20)8-7-14-10-21-16(18-14)17-13-6-5-11-3-1-2-4-12(11)9-13/h5-6,9-10H,1-4,7-8H2,(H,17,18)(H,19,20). The topological polar surface area (TPSA) is 62.2 Å². The fourth-order valence-corrected chi connectivity index (χ4v) is 3.41. The highest BCUT2D eigenvalue weighted by Gasteiger charge is 2.10. The Labute approximate surface area is 127 Å². The molecule has 0 aliphatic heterocycles. The number of carboxylic acid groups (broad SMARTS) is 1. The Bertz CT molecular complexity index is 651. The Morgan fingerprint density at radius 3 is 2.90 bits per heavy atom. The molecule has 1 aliphatic carbocycles. The van der Waals surface area contributed by atoms with E-state index in [4.69, 9.17) is 5.11 Å². The lowest BCUT2D eigenvalue weighted by atomic mass is 9.91. The maximum absolute atomic E-state index is 10.6. The van der Waals surface area contributed by atoms with E-state index >= 15 is 0 Å². The number of nitrogens with one attached hydrogen (secondary N) is 1. The van der Waals surface area contributed by atoms with Crippen molar-refractivity contribution in [1.82, 2.24) is 4.98 Å². The summed E-state index contributed by atoms with van der Waals surface area (Å²) in [5.74, 6) is -0.785. The van der Waals surface area contributed by atoms with Crippen molar-refractivity contribution in [3.63, 3.8) is 0 Å². The first-order valence-corrected chi connectivity index (χ1v) is 8.14. The minimum Gasteiger partial charge on any atom is -0.481 e. The molecule has 1 aromatic carbocycles. The lowest BCUT2D eigenvalue weighted by molar-refractivity contribution is -0.136. The van der Waals surface area contributed by atoms with Crippen molar-refractivity contribution in [2.24, 2.45) is 0 Å². The number of thiazole rings is 1. The second kappa shape index (κ2) is 6.26. The van der Waals surface area contributed by atoms with E-state index in [0.717, 1.165) is 22.9 Å². The van der Waals surface area contributed by atoms with E-state index < -0.39 is 5.97 Å². The summed E-state index contributed by atoms with van der Waals surface area (Å²) in [6.07, 6.45) is 5.52. The minimum atomic E-state index is -0.785. The third kappa shape index (κ3) is 3.61. The summed E-state index contributed by atoms with van der Waals surface area (Å²) in [4.78, 5) is 15.0. The largest absolute Gasteiger partial charge is 0.481 e. The van der Waals surface area contributed by atoms with Gasteiger partial charge in [-0.1, -0.05) is 6.07 Å². The van der Waals surface area contributed by atoms with Gasteiger partial charge in [0.2, 0.25) is 0 Å². The van der Waals surface area contributed by atoms with Gasteiger partial charge >= 0.3 is 5.97 Å². The Kier molecular flexibility index (Phi) is 4.20. The van der Waals surface area contributed by atoms with Crippen molar-refractivity contribution >= 4 is 28.1 Å². The molecule has 0 fully saturated rings. The molecule has 0 saturated heterocycles. The fraction of sp³-hybridized carbons (Fsp3) is 0.375. The summed E-state index contributed by atoms with van der Waals surface area (Å²) in [7, 11) is 0. The first kappa shape index (κ1) is 14.1. The van der Waals surface area contributed by atoms with Crippen LogP contribution in [0.1, 0.15) is 36.1 Å². The second-order valence-electron chi connectivity index (χ2n) is 5.35. The van der Waals surface area contributed by atoms with Gasteiger partial charge in [-0.3, -0.25) is 4.79 Å². The Hall–Kier alpha value is -1.88. The number of hydrogen-bond donors (Lipinski definition) is 2. The van der Waals surface area contributed by atoms with Crippen LogP contribution in [-0.4, -0.2) is 16.1 Å². The molecule has 0 unspecified atom stereocenters. The van der Waals surface area contributed by atoms with Crippen molar-refractivity contribution in [3.8, 4) is 0 Å². The van der Waals surface area contributed by atoms with Crippen molar-refractivity contribution in [2.45, 2.75) is 38.5 Å². The molecule has 2 N–H and O–H groups in total. The molecule has 3 rings (SSSR count). The zero-order valence-corrected chi connectivity index (χ0v) is 12.6. The van der Waals surface area contributed by atoms with E-state index in [1.54, 1.807) is 0 Å². The van der Waals surface area contributed by atoms with Gasteiger partial charge in [0.15, 0.2) is 5.13 Å². The molecular weight excluding hydrogens is 284 g/mol. The average molecular weight is 302 g/mol. The lowest BCUT2D eigenvalue weighted by Gasteiger charge is -2.16. The molecule has 0 radical (unpaired) electrons. The van der Waals surface area contributed by atoms with Crippen molar-refractivity contribution in [2.75, 3.05) is 5.32 Å². The van der Waals surface area contributed by atoms with Crippen LogP contribution in [-0.2, 0) is 24.1 Å². The third-order valence-corrected chi connectivity index (χ3v) is 4.55. The Morgan fingerprint density at radius 2 is 2.10 bits per heavy atom. The molecule has 21 heavy (non-hydrogen) atoms. The summed E-state index contributed by atoms with van der Waals surface area (Å²) < 4.78 is 0. The SMILES string of the molecule is O=C(O)CCc1csc(Nc2ccc3c(c2)CCCC3)n1. The molecule has 110 valence electrons. The molecule has 0 atom stereocenters. The van der Waals surface area contributed by atoms with Gasteiger partial charge in [0.1, 0.15) is 0 Å². The first-order chi connectivity index (χ1) is 10.2. The smallest absolute Gasteiger partial charge is 0.303 e. The number of benzene rings is 1. The van der Waals surface area contributed by atoms with Gasteiger partial charge in [0, 0.05) is 17.5 Å². The average Bonchev–Trinajstić information content (AvgIpc) is 2.92. The second-order valence-corrected chi connectivity index (χ2v) is 6.21. The van der Waals surface area contributed by atoms with Crippen molar-refractivity contribution in [3.05, 3.63) is 40.4 Å². The van der Waals surface area contributed by atoms with E-state index in [0.29, 0.717) is 6.42 Å². The number of aromatic nitrogens is 1. The highest BCUT2D eigenvalue weighted by Crippen LogP contribution is 2.27. The summed E-state index contributed by atoms with van der Waals surface area (Å²) in [6, 6.07) is 6.52. The summed E-state index contributed by atoms with van der Waals surface area (Å²) in [6.45, 7) is 0. The van der Waals surface area contributed by atoms with Crippen LogP contribution in [0.25, 0.3) is 0 Å². The zero-order chi connectivity index (χ0) is 14.7. The number of aliphatic carboxylic acids is 1. The molecule has 0 bridgehead atoms. The third-order valence-electron chi connectivity index (χ3n) is 3.75. The van der Waals surface area contributed by atoms with Crippen LogP contribution < -0.4 is 5.32 Å². The number of carboxylic acids is 1. The number of nitrogens with zero attached hydrogens (tertiary/aromatic N) is 1. The molecule has 0 amide bonds. The lowest BCUT2D eigenvalue weighted by Crippen LogP contribution is -2.03. The number of fused-ring (bicyclic) bond motifs is 1. The van der Waals surface area contributed by atoms with Gasteiger partial charge in [-0.2, -0.15) is 0 Å². The Morgan fingerprint density at radius 1 is 1.29 bits per heavy atom. The maximum Gasteiger partial charge on any atom is 0.303 e. The normalized spacial score (nSPS) is 13.7. The number of carbonyl (C=O) groups is 1. The van der Waals surface area contributed by atoms with Gasteiger partial charge < -0.3 is 10.4 Å².